The van der Waals surface area contributed by atoms with Gasteiger partial charge in [0.1, 0.15) is 0 Å². The summed E-state index contributed by atoms with van der Waals surface area (Å²) in [6, 6.07) is 8.93. The van der Waals surface area contributed by atoms with Crippen molar-refractivity contribution in [1.29, 1.82) is 0 Å². The SMILES string of the molecule is COCCn1c(SCC(=O)NCc2ccc(C)cc2)nc(O)cc1=O. The van der Waals surface area contributed by atoms with Crippen LogP contribution in [0.4, 0.5) is 0 Å². The quantitative estimate of drug-likeness (QED) is 0.543. The van der Waals surface area contributed by atoms with E-state index in [4.69, 9.17) is 4.74 Å². The first-order chi connectivity index (χ1) is 12.0. The molecule has 0 aliphatic heterocycles. The van der Waals surface area contributed by atoms with Crippen LogP contribution in [0, 0.1) is 6.92 Å². The molecule has 1 aromatic carbocycles. The van der Waals surface area contributed by atoms with Gasteiger partial charge in [0, 0.05) is 13.7 Å². The summed E-state index contributed by atoms with van der Waals surface area (Å²) in [5, 5.41) is 12.6. The van der Waals surface area contributed by atoms with Crippen molar-refractivity contribution in [3.05, 3.63) is 51.8 Å². The fraction of sp³-hybridized carbons (Fsp3) is 0.353. The van der Waals surface area contributed by atoms with E-state index < -0.39 is 0 Å². The lowest BCUT2D eigenvalue weighted by Crippen LogP contribution is -2.27. The number of nitrogens with one attached hydrogen (secondary N) is 1. The van der Waals surface area contributed by atoms with Gasteiger partial charge in [-0.2, -0.15) is 4.98 Å². The first-order valence-corrected chi connectivity index (χ1v) is 8.73. The maximum atomic E-state index is 12.0. The first-order valence-electron chi connectivity index (χ1n) is 7.74. The third kappa shape index (κ3) is 5.91. The monoisotopic (exact) mass is 363 g/mol. The van der Waals surface area contributed by atoms with E-state index in [9.17, 15) is 14.7 Å². The van der Waals surface area contributed by atoms with Gasteiger partial charge in [-0.15, -0.1) is 0 Å². The highest BCUT2D eigenvalue weighted by Gasteiger charge is 2.11. The van der Waals surface area contributed by atoms with Gasteiger partial charge < -0.3 is 15.2 Å². The molecular weight excluding hydrogens is 342 g/mol. The number of methoxy groups -OCH3 is 1. The van der Waals surface area contributed by atoms with Gasteiger partial charge in [0.15, 0.2) is 5.16 Å². The highest BCUT2D eigenvalue weighted by Crippen LogP contribution is 2.16. The predicted molar refractivity (Wildman–Crippen MR) is 95.8 cm³/mol. The molecule has 1 amide bonds. The van der Waals surface area contributed by atoms with Gasteiger partial charge in [-0.3, -0.25) is 14.2 Å². The molecule has 1 heterocycles. The summed E-state index contributed by atoms with van der Waals surface area (Å²) in [5.74, 6) is -0.447. The largest absolute Gasteiger partial charge is 0.493 e. The van der Waals surface area contributed by atoms with E-state index in [-0.39, 0.29) is 28.3 Å². The Morgan fingerprint density at radius 1 is 1.36 bits per heavy atom. The average molecular weight is 363 g/mol. The maximum Gasteiger partial charge on any atom is 0.258 e. The van der Waals surface area contributed by atoms with Crippen LogP contribution in [-0.4, -0.2) is 40.0 Å². The summed E-state index contributed by atoms with van der Waals surface area (Å²) in [4.78, 5) is 27.9. The summed E-state index contributed by atoms with van der Waals surface area (Å²) in [5.41, 5.74) is 1.79. The van der Waals surface area contributed by atoms with Crippen LogP contribution in [0.3, 0.4) is 0 Å². The number of benzene rings is 1. The molecule has 0 aliphatic rings. The van der Waals surface area contributed by atoms with Crippen LogP contribution < -0.4 is 10.9 Å². The number of nitrogens with zero attached hydrogens (tertiary/aromatic N) is 2. The van der Waals surface area contributed by atoms with Gasteiger partial charge in [0.25, 0.3) is 5.56 Å². The Balaban J connectivity index is 1.94. The number of hydrogen-bond donors (Lipinski definition) is 2. The molecule has 0 bridgehead atoms. The molecule has 2 N–H and O–H groups in total. The van der Waals surface area contributed by atoms with E-state index in [0.29, 0.717) is 19.7 Å². The van der Waals surface area contributed by atoms with E-state index in [1.54, 1.807) is 0 Å². The zero-order valence-electron chi connectivity index (χ0n) is 14.2. The Kier molecular flexibility index (Phi) is 7.03. The minimum absolute atomic E-state index is 0.0920. The van der Waals surface area contributed by atoms with Gasteiger partial charge in [-0.25, -0.2) is 0 Å². The molecule has 25 heavy (non-hydrogen) atoms. The van der Waals surface area contributed by atoms with E-state index in [0.717, 1.165) is 29.0 Å². The lowest BCUT2D eigenvalue weighted by atomic mass is 10.1. The second kappa shape index (κ2) is 9.24. The van der Waals surface area contributed by atoms with Gasteiger partial charge in [0.2, 0.25) is 11.8 Å². The van der Waals surface area contributed by atoms with Gasteiger partial charge in [-0.1, -0.05) is 41.6 Å². The van der Waals surface area contributed by atoms with E-state index in [2.05, 4.69) is 10.3 Å². The van der Waals surface area contributed by atoms with Crippen LogP contribution in [0.5, 0.6) is 5.88 Å². The zero-order valence-corrected chi connectivity index (χ0v) is 15.0. The molecular formula is C17H21N3O4S. The van der Waals surface area contributed by atoms with Crippen molar-refractivity contribution in [2.24, 2.45) is 0 Å². The second-order valence-electron chi connectivity index (χ2n) is 5.43. The molecule has 0 aliphatic carbocycles. The van der Waals surface area contributed by atoms with E-state index in [1.165, 1.54) is 11.7 Å². The van der Waals surface area contributed by atoms with Crippen molar-refractivity contribution in [3.8, 4) is 5.88 Å². The van der Waals surface area contributed by atoms with Crippen molar-refractivity contribution in [3.63, 3.8) is 0 Å². The molecule has 2 rings (SSSR count). The summed E-state index contributed by atoms with van der Waals surface area (Å²) >= 11 is 1.10. The van der Waals surface area contributed by atoms with Crippen molar-refractivity contribution in [1.82, 2.24) is 14.9 Å². The maximum absolute atomic E-state index is 12.0. The normalized spacial score (nSPS) is 10.6. The molecule has 0 atom stereocenters. The first kappa shape index (κ1) is 19.0. The highest BCUT2D eigenvalue weighted by molar-refractivity contribution is 7.99. The molecule has 0 unspecified atom stereocenters. The Morgan fingerprint density at radius 3 is 2.76 bits per heavy atom. The number of hydrogen-bond acceptors (Lipinski definition) is 6. The fourth-order valence-corrected chi connectivity index (χ4v) is 2.92. The lowest BCUT2D eigenvalue weighted by molar-refractivity contribution is -0.118. The van der Waals surface area contributed by atoms with Crippen LogP contribution in [0.2, 0.25) is 0 Å². The smallest absolute Gasteiger partial charge is 0.258 e. The van der Waals surface area contributed by atoms with Crippen molar-refractivity contribution < 1.29 is 14.6 Å². The summed E-state index contributed by atoms with van der Waals surface area (Å²) in [6.45, 7) is 3.07. The predicted octanol–water partition coefficient (Wildman–Crippen LogP) is 1.31. The number of carbonyl (C=O) groups excluding carboxylic acids is 1. The molecule has 0 saturated carbocycles. The number of ether oxygens (including phenoxy) is 1. The van der Waals surface area contributed by atoms with Crippen LogP contribution >= 0.6 is 11.8 Å². The van der Waals surface area contributed by atoms with Crippen LogP contribution in [0.1, 0.15) is 11.1 Å². The third-order valence-corrected chi connectivity index (χ3v) is 4.40. The van der Waals surface area contributed by atoms with Gasteiger partial charge in [-0.05, 0) is 12.5 Å². The molecule has 0 spiro atoms. The van der Waals surface area contributed by atoms with Crippen LogP contribution in [0.25, 0.3) is 0 Å². The number of carbonyl (C=O) groups is 1. The average Bonchev–Trinajstić information content (AvgIpc) is 2.58. The number of thioether (sulfide) groups is 1. The number of amides is 1. The standard InChI is InChI=1S/C17H21N3O4S/c1-12-3-5-13(6-4-12)10-18-15(22)11-25-17-19-14(21)9-16(23)20(17)7-8-24-2/h3-6,9,21H,7-8,10-11H2,1-2H3,(H,18,22). The van der Waals surface area contributed by atoms with Crippen LogP contribution in [-0.2, 0) is 22.6 Å². The van der Waals surface area contributed by atoms with Crippen LogP contribution in [0.15, 0.2) is 40.3 Å². The lowest BCUT2D eigenvalue weighted by Gasteiger charge is -2.11. The van der Waals surface area contributed by atoms with E-state index >= 15 is 0 Å². The molecule has 0 fully saturated rings. The minimum Gasteiger partial charge on any atom is -0.493 e. The van der Waals surface area contributed by atoms with E-state index in [1.807, 2.05) is 31.2 Å². The van der Waals surface area contributed by atoms with Crippen molar-refractivity contribution in [2.75, 3.05) is 19.5 Å². The topological polar surface area (TPSA) is 93.4 Å². The summed E-state index contributed by atoms with van der Waals surface area (Å²) in [7, 11) is 1.53. The Labute approximate surface area is 150 Å². The molecule has 0 saturated heterocycles. The van der Waals surface area contributed by atoms with Crippen molar-refractivity contribution in [2.45, 2.75) is 25.2 Å². The number of aromatic hydroxyl groups is 1. The summed E-state index contributed by atoms with van der Waals surface area (Å²) < 4.78 is 6.35. The molecule has 2 aromatic rings. The molecule has 7 nitrogen and oxygen atoms in total. The zero-order chi connectivity index (χ0) is 18.2. The third-order valence-electron chi connectivity index (χ3n) is 3.42. The highest BCUT2D eigenvalue weighted by atomic mass is 32.2. The Bertz CT molecular complexity index is 774. The molecule has 0 radical (unpaired) electrons. The molecule has 8 heteroatoms. The fourth-order valence-electron chi connectivity index (χ4n) is 2.06. The Morgan fingerprint density at radius 2 is 2.08 bits per heavy atom. The van der Waals surface area contributed by atoms with Gasteiger partial charge >= 0.3 is 0 Å². The summed E-state index contributed by atoms with van der Waals surface area (Å²) in [6.07, 6.45) is 0. The Hall–Kier alpha value is -2.32. The number of aromatic nitrogens is 2. The minimum atomic E-state index is -0.382. The molecule has 1 aromatic heterocycles. The number of aryl methyl sites for hydroxylation is 1. The van der Waals surface area contributed by atoms with Gasteiger partial charge in [0.05, 0.1) is 25.0 Å². The van der Waals surface area contributed by atoms with Crippen molar-refractivity contribution >= 4 is 17.7 Å². The number of rotatable bonds is 8. The second-order valence-corrected chi connectivity index (χ2v) is 6.37. The molecule has 134 valence electrons.